The fourth-order valence-electron chi connectivity index (χ4n) is 4.36. The molecule has 0 spiro atoms. The van der Waals surface area contributed by atoms with E-state index in [4.69, 9.17) is 15.2 Å². The summed E-state index contributed by atoms with van der Waals surface area (Å²) in [5.74, 6) is -1.55. The van der Waals surface area contributed by atoms with E-state index in [2.05, 4.69) is 17.6 Å². The molecule has 11 nitrogen and oxygen atoms in total. The van der Waals surface area contributed by atoms with Crippen molar-refractivity contribution in [1.82, 2.24) is 10.2 Å². The number of carbonyl (C=O) groups excluding carboxylic acids is 4. The van der Waals surface area contributed by atoms with E-state index in [1.165, 1.54) is 24.1 Å². The third-order valence-electron chi connectivity index (χ3n) is 6.28. The largest absolute Gasteiger partial charge is 0.508 e. The lowest BCUT2D eigenvalue weighted by molar-refractivity contribution is -0.142. The molecule has 42 heavy (non-hydrogen) atoms. The van der Waals surface area contributed by atoms with Gasteiger partial charge in [0, 0.05) is 12.2 Å². The molecular weight excluding hydrogens is 540 g/mol. The lowest BCUT2D eigenvalue weighted by Crippen LogP contribution is -2.53. The number of rotatable bonds is 15. The molecule has 5 N–H and O–H groups in total. The normalized spacial score (nSPS) is 12.5. The predicted octanol–water partition coefficient (Wildman–Crippen LogP) is 4.65. The van der Waals surface area contributed by atoms with Gasteiger partial charge in [-0.1, -0.05) is 44.7 Å². The standard InChI is InChI=1S/C31H44N4O7/c1-6-7-8-9-10-18-35(29(39)25(20-26(32)37)34-30(40)42-31(2,3)4)27(21-12-11-13-23(36)19-21)28(38)33-22-14-16-24(41-5)17-15-22/h11-17,19,25,27,36H,6-10,18,20H2,1-5H3,(H2,32,37)(H,33,38)(H,34,40). The fraction of sp³-hybridized carbons (Fsp3) is 0.484. The van der Waals surface area contributed by atoms with Crippen LogP contribution in [0.1, 0.15) is 77.8 Å². The zero-order valence-electron chi connectivity index (χ0n) is 25.1. The van der Waals surface area contributed by atoms with Crippen molar-refractivity contribution in [3.63, 3.8) is 0 Å². The van der Waals surface area contributed by atoms with Gasteiger partial charge in [0.15, 0.2) is 0 Å². The number of benzene rings is 2. The molecule has 11 heteroatoms. The Morgan fingerprint density at radius 1 is 1.00 bits per heavy atom. The van der Waals surface area contributed by atoms with E-state index in [-0.39, 0.29) is 12.3 Å². The van der Waals surface area contributed by atoms with E-state index in [0.717, 1.165) is 25.7 Å². The average molecular weight is 585 g/mol. The van der Waals surface area contributed by atoms with Crippen molar-refractivity contribution < 1.29 is 33.8 Å². The lowest BCUT2D eigenvalue weighted by Gasteiger charge is -2.34. The molecule has 0 aliphatic heterocycles. The molecule has 0 aliphatic carbocycles. The van der Waals surface area contributed by atoms with E-state index in [9.17, 15) is 24.3 Å². The topological polar surface area (TPSA) is 160 Å². The van der Waals surface area contributed by atoms with Gasteiger partial charge in [0.05, 0.1) is 13.5 Å². The Morgan fingerprint density at radius 2 is 1.67 bits per heavy atom. The number of ether oxygens (including phenoxy) is 2. The summed E-state index contributed by atoms with van der Waals surface area (Å²) in [7, 11) is 1.53. The number of phenols is 1. The summed E-state index contributed by atoms with van der Waals surface area (Å²) in [6.45, 7) is 7.24. The van der Waals surface area contributed by atoms with Crippen LogP contribution in [0.25, 0.3) is 0 Å². The minimum Gasteiger partial charge on any atom is -0.508 e. The molecule has 2 aromatic rings. The highest BCUT2D eigenvalue weighted by atomic mass is 16.6. The van der Waals surface area contributed by atoms with Gasteiger partial charge in [-0.25, -0.2) is 4.79 Å². The minimum absolute atomic E-state index is 0.0920. The van der Waals surface area contributed by atoms with E-state index in [0.29, 0.717) is 23.4 Å². The van der Waals surface area contributed by atoms with Crippen LogP contribution in [0.3, 0.4) is 0 Å². The first-order valence-electron chi connectivity index (χ1n) is 14.2. The van der Waals surface area contributed by atoms with Crippen molar-refractivity contribution in [2.75, 3.05) is 19.0 Å². The SMILES string of the molecule is CCCCCCCN(C(=O)C(CC(N)=O)NC(=O)OC(C)(C)C)C(C(=O)Nc1ccc(OC)cc1)c1cccc(O)c1. The molecule has 2 unspecified atom stereocenters. The van der Waals surface area contributed by atoms with Gasteiger partial charge in [-0.05, 0) is 69.2 Å². The summed E-state index contributed by atoms with van der Waals surface area (Å²) in [5.41, 5.74) is 5.41. The Labute approximate surface area is 247 Å². The van der Waals surface area contributed by atoms with Crippen LogP contribution in [0, 0.1) is 0 Å². The zero-order chi connectivity index (χ0) is 31.3. The predicted molar refractivity (Wildman–Crippen MR) is 160 cm³/mol. The minimum atomic E-state index is -1.39. The van der Waals surface area contributed by atoms with E-state index in [1.807, 2.05) is 0 Å². The first kappa shape index (κ1) is 33.9. The van der Waals surface area contributed by atoms with Crippen molar-refractivity contribution in [2.24, 2.45) is 5.73 Å². The smallest absolute Gasteiger partial charge is 0.408 e. The first-order chi connectivity index (χ1) is 19.8. The molecule has 0 radical (unpaired) electrons. The second-order valence-corrected chi connectivity index (χ2v) is 11.0. The number of hydrogen-bond donors (Lipinski definition) is 4. The molecule has 0 saturated heterocycles. The second kappa shape index (κ2) is 16.2. The summed E-state index contributed by atoms with van der Waals surface area (Å²) in [6, 6.07) is 10.1. The van der Waals surface area contributed by atoms with Crippen molar-refractivity contribution >= 4 is 29.5 Å². The number of phenolic OH excluding ortho intramolecular Hbond substituents is 1. The summed E-state index contributed by atoms with van der Waals surface area (Å²) in [4.78, 5) is 54.0. The maximum Gasteiger partial charge on any atom is 0.408 e. The quantitative estimate of drug-likeness (QED) is 0.222. The number of primary amides is 1. The maximum atomic E-state index is 14.1. The second-order valence-electron chi connectivity index (χ2n) is 11.0. The van der Waals surface area contributed by atoms with Gasteiger partial charge < -0.3 is 35.8 Å². The molecule has 0 aromatic heterocycles. The van der Waals surface area contributed by atoms with Gasteiger partial charge in [-0.3, -0.25) is 14.4 Å². The third-order valence-corrected chi connectivity index (χ3v) is 6.28. The molecule has 0 bridgehead atoms. The highest BCUT2D eigenvalue weighted by Crippen LogP contribution is 2.28. The summed E-state index contributed by atoms with van der Waals surface area (Å²) in [6.07, 6.45) is 2.94. The number of anilines is 1. The molecule has 4 amide bonds. The Bertz CT molecular complexity index is 1190. The summed E-state index contributed by atoms with van der Waals surface area (Å²) in [5, 5.41) is 15.6. The van der Waals surface area contributed by atoms with Crippen LogP contribution >= 0.6 is 0 Å². The zero-order valence-corrected chi connectivity index (χ0v) is 25.1. The maximum absolute atomic E-state index is 14.1. The molecular formula is C31H44N4O7. The number of carbonyl (C=O) groups is 4. The number of amides is 4. The van der Waals surface area contributed by atoms with Crippen molar-refractivity contribution in [1.29, 1.82) is 0 Å². The molecule has 0 fully saturated rings. The lowest BCUT2D eigenvalue weighted by atomic mass is 10.0. The van der Waals surface area contributed by atoms with Crippen LogP contribution in [0.4, 0.5) is 10.5 Å². The monoisotopic (exact) mass is 584 g/mol. The Balaban J connectivity index is 2.52. The van der Waals surface area contributed by atoms with Gasteiger partial charge in [-0.15, -0.1) is 0 Å². The number of nitrogens with two attached hydrogens (primary N) is 1. The van der Waals surface area contributed by atoms with Gasteiger partial charge in [0.25, 0.3) is 5.91 Å². The molecule has 2 rings (SSSR count). The highest BCUT2D eigenvalue weighted by Gasteiger charge is 2.37. The Kier molecular flexibility index (Phi) is 13.1. The van der Waals surface area contributed by atoms with E-state index < -0.39 is 47.9 Å². The number of nitrogens with one attached hydrogen (secondary N) is 2. The van der Waals surface area contributed by atoms with E-state index >= 15 is 0 Å². The molecule has 0 saturated carbocycles. The number of nitrogens with zero attached hydrogens (tertiary/aromatic N) is 1. The molecule has 0 heterocycles. The Morgan fingerprint density at radius 3 is 2.24 bits per heavy atom. The van der Waals surface area contributed by atoms with Crippen molar-refractivity contribution in [3.05, 3.63) is 54.1 Å². The average Bonchev–Trinajstić information content (AvgIpc) is 2.90. The van der Waals surface area contributed by atoms with Crippen LogP contribution in [0.15, 0.2) is 48.5 Å². The van der Waals surface area contributed by atoms with Gasteiger partial charge in [0.2, 0.25) is 11.8 Å². The van der Waals surface area contributed by atoms with Crippen LogP contribution in [0.2, 0.25) is 0 Å². The fourth-order valence-corrected chi connectivity index (χ4v) is 4.36. The number of aromatic hydroxyl groups is 1. The number of unbranched alkanes of at least 4 members (excludes halogenated alkanes) is 4. The summed E-state index contributed by atoms with van der Waals surface area (Å²) >= 11 is 0. The van der Waals surface area contributed by atoms with Crippen molar-refractivity contribution in [2.45, 2.75) is 83.9 Å². The van der Waals surface area contributed by atoms with Gasteiger partial charge >= 0.3 is 6.09 Å². The first-order valence-corrected chi connectivity index (χ1v) is 14.2. The number of hydrogen-bond acceptors (Lipinski definition) is 7. The molecule has 2 aromatic carbocycles. The van der Waals surface area contributed by atoms with Crippen LogP contribution in [-0.4, -0.2) is 59.1 Å². The van der Waals surface area contributed by atoms with Crippen LogP contribution in [0.5, 0.6) is 11.5 Å². The van der Waals surface area contributed by atoms with Crippen LogP contribution < -0.4 is 21.1 Å². The molecule has 2 atom stereocenters. The van der Waals surface area contributed by atoms with Gasteiger partial charge in [0.1, 0.15) is 29.2 Å². The molecule has 230 valence electrons. The van der Waals surface area contributed by atoms with E-state index in [1.54, 1.807) is 57.2 Å². The number of alkyl carbamates (subject to hydrolysis) is 1. The summed E-state index contributed by atoms with van der Waals surface area (Å²) < 4.78 is 10.5. The third kappa shape index (κ3) is 11.3. The van der Waals surface area contributed by atoms with Crippen molar-refractivity contribution in [3.8, 4) is 11.5 Å². The van der Waals surface area contributed by atoms with Gasteiger partial charge in [-0.2, -0.15) is 0 Å². The Hall–Kier alpha value is -4.28. The highest BCUT2D eigenvalue weighted by molar-refractivity contribution is 5.99. The molecule has 0 aliphatic rings. The number of methoxy groups -OCH3 is 1. The van der Waals surface area contributed by atoms with Crippen LogP contribution in [-0.2, 0) is 19.1 Å².